The van der Waals surface area contributed by atoms with Crippen molar-refractivity contribution in [3.05, 3.63) is 18.2 Å². The molecule has 2 aliphatic rings. The Hall–Kier alpha value is -1.91. The van der Waals surface area contributed by atoms with Crippen LogP contribution >= 0.6 is 0 Å². The largest absolute Gasteiger partial charge is 0.489 e. The van der Waals surface area contributed by atoms with E-state index in [1.54, 1.807) is 0 Å². The van der Waals surface area contributed by atoms with Gasteiger partial charge in [0.15, 0.2) is 0 Å². The number of nitrogens with zero attached hydrogens (tertiary/aromatic N) is 1. The lowest BCUT2D eigenvalue weighted by molar-refractivity contribution is -0.147. The van der Waals surface area contributed by atoms with Crippen LogP contribution in [-0.2, 0) is 9.53 Å². The first-order chi connectivity index (χ1) is 9.74. The highest BCUT2D eigenvalue weighted by molar-refractivity contribution is 5.82. The Morgan fingerprint density at radius 2 is 2.20 bits per heavy atom. The van der Waals surface area contributed by atoms with Gasteiger partial charge in [-0.05, 0) is 37.8 Å². The SMILES string of the molecule is Nc1cccc2c1N(CC(=O)OC1CCCC1)CCO2. The van der Waals surface area contributed by atoms with Crippen molar-refractivity contribution in [1.29, 1.82) is 0 Å². The van der Waals surface area contributed by atoms with Crippen LogP contribution in [0.1, 0.15) is 25.7 Å². The van der Waals surface area contributed by atoms with Crippen LogP contribution in [0.4, 0.5) is 11.4 Å². The molecule has 0 aromatic heterocycles. The van der Waals surface area contributed by atoms with Gasteiger partial charge in [-0.25, -0.2) is 0 Å². The Balaban J connectivity index is 1.68. The monoisotopic (exact) mass is 276 g/mol. The third kappa shape index (κ3) is 2.66. The van der Waals surface area contributed by atoms with E-state index in [0.29, 0.717) is 18.8 Å². The Morgan fingerprint density at radius 1 is 1.40 bits per heavy atom. The van der Waals surface area contributed by atoms with Crippen molar-refractivity contribution < 1.29 is 14.3 Å². The normalized spacial score (nSPS) is 18.5. The summed E-state index contributed by atoms with van der Waals surface area (Å²) in [4.78, 5) is 14.0. The van der Waals surface area contributed by atoms with E-state index in [2.05, 4.69) is 0 Å². The maximum absolute atomic E-state index is 12.0. The zero-order chi connectivity index (χ0) is 13.9. The fourth-order valence-electron chi connectivity index (χ4n) is 2.92. The van der Waals surface area contributed by atoms with Crippen LogP contribution in [0.25, 0.3) is 0 Å². The predicted octanol–water partition coefficient (Wildman–Crippen LogP) is 1.95. The van der Waals surface area contributed by atoms with E-state index in [1.165, 1.54) is 0 Å². The molecule has 0 unspecified atom stereocenters. The topological polar surface area (TPSA) is 64.8 Å². The second kappa shape index (κ2) is 5.61. The lowest BCUT2D eigenvalue weighted by Gasteiger charge is -2.31. The van der Waals surface area contributed by atoms with Crippen molar-refractivity contribution >= 4 is 17.3 Å². The molecule has 1 aliphatic heterocycles. The average Bonchev–Trinajstić information content (AvgIpc) is 2.92. The van der Waals surface area contributed by atoms with Crippen molar-refractivity contribution in [2.75, 3.05) is 30.3 Å². The zero-order valence-corrected chi connectivity index (χ0v) is 11.5. The molecule has 3 rings (SSSR count). The minimum absolute atomic E-state index is 0.108. The molecule has 1 fully saturated rings. The molecular formula is C15H20N2O3. The average molecular weight is 276 g/mol. The van der Waals surface area contributed by atoms with Crippen molar-refractivity contribution in [2.45, 2.75) is 31.8 Å². The summed E-state index contributed by atoms with van der Waals surface area (Å²) in [5.74, 6) is 0.568. The number of nitrogens with two attached hydrogens (primary N) is 1. The summed E-state index contributed by atoms with van der Waals surface area (Å²) in [7, 11) is 0. The molecule has 108 valence electrons. The van der Waals surface area contributed by atoms with Gasteiger partial charge < -0.3 is 20.1 Å². The van der Waals surface area contributed by atoms with Crippen LogP contribution in [0.5, 0.6) is 5.75 Å². The molecule has 0 radical (unpaired) electrons. The molecule has 5 nitrogen and oxygen atoms in total. The van der Waals surface area contributed by atoms with E-state index < -0.39 is 0 Å². The number of ether oxygens (including phenoxy) is 2. The third-order valence-corrected chi connectivity index (χ3v) is 3.89. The number of esters is 1. The Morgan fingerprint density at radius 3 is 3.00 bits per heavy atom. The molecule has 0 atom stereocenters. The van der Waals surface area contributed by atoms with E-state index >= 15 is 0 Å². The van der Waals surface area contributed by atoms with Crippen LogP contribution in [0.15, 0.2) is 18.2 Å². The van der Waals surface area contributed by atoms with Crippen LogP contribution in [-0.4, -0.2) is 31.8 Å². The van der Waals surface area contributed by atoms with Crippen LogP contribution in [0, 0.1) is 0 Å². The highest BCUT2D eigenvalue weighted by atomic mass is 16.5. The van der Waals surface area contributed by atoms with E-state index in [1.807, 2.05) is 23.1 Å². The molecule has 0 amide bonds. The maximum Gasteiger partial charge on any atom is 0.325 e. The van der Waals surface area contributed by atoms with E-state index in [4.69, 9.17) is 15.2 Å². The lowest BCUT2D eigenvalue weighted by Crippen LogP contribution is -2.38. The number of carbonyl (C=O) groups excluding carboxylic acids is 1. The van der Waals surface area contributed by atoms with Crippen molar-refractivity contribution in [1.82, 2.24) is 0 Å². The van der Waals surface area contributed by atoms with E-state index in [9.17, 15) is 4.79 Å². The summed E-state index contributed by atoms with van der Waals surface area (Å²) in [5, 5.41) is 0. The van der Waals surface area contributed by atoms with Crippen LogP contribution in [0.2, 0.25) is 0 Å². The number of carbonyl (C=O) groups is 1. The van der Waals surface area contributed by atoms with Crippen molar-refractivity contribution in [2.24, 2.45) is 0 Å². The summed E-state index contributed by atoms with van der Waals surface area (Å²) in [6.45, 7) is 1.45. The second-order valence-corrected chi connectivity index (χ2v) is 5.36. The Labute approximate surface area is 118 Å². The summed E-state index contributed by atoms with van der Waals surface area (Å²) in [6, 6.07) is 5.55. The summed E-state index contributed by atoms with van der Waals surface area (Å²) >= 11 is 0. The predicted molar refractivity (Wildman–Crippen MR) is 76.9 cm³/mol. The fourth-order valence-corrected chi connectivity index (χ4v) is 2.92. The minimum Gasteiger partial charge on any atom is -0.489 e. The van der Waals surface area contributed by atoms with Gasteiger partial charge in [-0.2, -0.15) is 0 Å². The summed E-state index contributed by atoms with van der Waals surface area (Å²) < 4.78 is 11.1. The highest BCUT2D eigenvalue weighted by Gasteiger charge is 2.25. The highest BCUT2D eigenvalue weighted by Crippen LogP contribution is 2.36. The second-order valence-electron chi connectivity index (χ2n) is 5.36. The van der Waals surface area contributed by atoms with Gasteiger partial charge in [0, 0.05) is 0 Å². The first-order valence-electron chi connectivity index (χ1n) is 7.20. The third-order valence-electron chi connectivity index (χ3n) is 3.89. The number of anilines is 2. The molecule has 1 aliphatic carbocycles. The first-order valence-corrected chi connectivity index (χ1v) is 7.20. The Kier molecular flexibility index (Phi) is 3.67. The van der Waals surface area contributed by atoms with Crippen molar-refractivity contribution in [3.63, 3.8) is 0 Å². The van der Waals surface area contributed by atoms with Gasteiger partial charge in [-0.15, -0.1) is 0 Å². The molecule has 0 bridgehead atoms. The summed E-state index contributed by atoms with van der Waals surface area (Å²) in [6.07, 6.45) is 4.41. The fraction of sp³-hybridized carbons (Fsp3) is 0.533. The number of nitrogen functional groups attached to an aromatic ring is 1. The van der Waals surface area contributed by atoms with Gasteiger partial charge in [0.25, 0.3) is 0 Å². The number of para-hydroxylation sites is 1. The molecule has 0 saturated heterocycles. The minimum atomic E-state index is -0.173. The van der Waals surface area contributed by atoms with Gasteiger partial charge in [0.2, 0.25) is 0 Å². The van der Waals surface area contributed by atoms with Gasteiger partial charge in [0.1, 0.15) is 30.7 Å². The molecule has 5 heteroatoms. The van der Waals surface area contributed by atoms with Crippen LogP contribution in [0.3, 0.4) is 0 Å². The lowest BCUT2D eigenvalue weighted by atomic mass is 10.2. The molecule has 0 spiro atoms. The van der Waals surface area contributed by atoms with E-state index in [0.717, 1.165) is 37.1 Å². The number of rotatable bonds is 3. The molecular weight excluding hydrogens is 256 g/mol. The number of fused-ring (bicyclic) bond motifs is 1. The molecule has 20 heavy (non-hydrogen) atoms. The number of hydrogen-bond acceptors (Lipinski definition) is 5. The Bertz CT molecular complexity index is 498. The molecule has 1 aromatic carbocycles. The molecule has 1 aromatic rings. The standard InChI is InChI=1S/C15H20N2O3/c16-12-6-3-7-13-15(12)17(8-9-19-13)10-14(18)20-11-4-1-2-5-11/h3,6-7,11H,1-2,4-5,8-10,16H2. The quantitative estimate of drug-likeness (QED) is 0.675. The van der Waals surface area contributed by atoms with Gasteiger partial charge in [-0.1, -0.05) is 6.07 Å². The van der Waals surface area contributed by atoms with Gasteiger partial charge >= 0.3 is 5.97 Å². The van der Waals surface area contributed by atoms with Gasteiger partial charge in [0.05, 0.1) is 12.2 Å². The molecule has 1 heterocycles. The number of hydrogen-bond donors (Lipinski definition) is 1. The zero-order valence-electron chi connectivity index (χ0n) is 11.5. The van der Waals surface area contributed by atoms with Crippen LogP contribution < -0.4 is 15.4 Å². The molecule has 2 N–H and O–H groups in total. The first kappa shape index (κ1) is 13.1. The van der Waals surface area contributed by atoms with E-state index in [-0.39, 0.29) is 18.6 Å². The summed E-state index contributed by atoms with van der Waals surface area (Å²) in [5.41, 5.74) is 7.44. The maximum atomic E-state index is 12.0. The molecule has 1 saturated carbocycles. The number of benzene rings is 1. The van der Waals surface area contributed by atoms with Gasteiger partial charge in [-0.3, -0.25) is 4.79 Å². The van der Waals surface area contributed by atoms with Crippen molar-refractivity contribution in [3.8, 4) is 5.75 Å². The smallest absolute Gasteiger partial charge is 0.325 e.